The van der Waals surface area contributed by atoms with Crippen molar-refractivity contribution in [2.45, 2.75) is 41.0 Å². The Morgan fingerprint density at radius 2 is 1.70 bits per heavy atom. The van der Waals surface area contributed by atoms with Crippen molar-refractivity contribution in [2.24, 2.45) is 11.8 Å². The first-order valence-electron chi connectivity index (χ1n) is 4.20. The maximum Gasteiger partial charge on any atom is -0.0263 e. The minimum Gasteiger partial charge on any atom is -0.0851 e. The SMILES string of the molecule is C/C(=C\CC(C)C)C(C)C. The minimum absolute atomic E-state index is 0.721. The van der Waals surface area contributed by atoms with Gasteiger partial charge in [-0.2, -0.15) is 0 Å². The molecule has 0 saturated carbocycles. The van der Waals surface area contributed by atoms with Gasteiger partial charge in [0.2, 0.25) is 0 Å². The molecular formula is C10H20. The summed E-state index contributed by atoms with van der Waals surface area (Å²) in [5, 5.41) is 0. The Bertz CT molecular complexity index is 107. The quantitative estimate of drug-likeness (QED) is 0.525. The van der Waals surface area contributed by atoms with Crippen LogP contribution in [0.2, 0.25) is 0 Å². The van der Waals surface area contributed by atoms with E-state index in [1.54, 1.807) is 0 Å². The highest BCUT2D eigenvalue weighted by atomic mass is 14.0. The van der Waals surface area contributed by atoms with E-state index < -0.39 is 0 Å². The van der Waals surface area contributed by atoms with Gasteiger partial charge in [-0.05, 0) is 25.2 Å². The van der Waals surface area contributed by atoms with Crippen LogP contribution in [-0.2, 0) is 0 Å². The maximum absolute atomic E-state index is 2.36. The van der Waals surface area contributed by atoms with Crippen molar-refractivity contribution in [2.75, 3.05) is 0 Å². The van der Waals surface area contributed by atoms with Crippen molar-refractivity contribution in [3.8, 4) is 0 Å². The van der Waals surface area contributed by atoms with Gasteiger partial charge >= 0.3 is 0 Å². The van der Waals surface area contributed by atoms with E-state index in [0.717, 1.165) is 11.8 Å². The summed E-state index contributed by atoms with van der Waals surface area (Å²) < 4.78 is 0. The molecule has 0 atom stereocenters. The Morgan fingerprint density at radius 3 is 2.00 bits per heavy atom. The molecule has 0 heterocycles. The maximum atomic E-state index is 2.36. The molecule has 0 rings (SSSR count). The lowest BCUT2D eigenvalue weighted by molar-refractivity contribution is 0.651. The molecule has 0 unspecified atom stereocenters. The van der Waals surface area contributed by atoms with Gasteiger partial charge in [-0.1, -0.05) is 39.3 Å². The second-order valence-electron chi connectivity index (χ2n) is 3.73. The highest BCUT2D eigenvalue weighted by molar-refractivity contribution is 5.00. The summed E-state index contributed by atoms with van der Waals surface area (Å²) in [7, 11) is 0. The van der Waals surface area contributed by atoms with E-state index in [0.29, 0.717) is 0 Å². The Balaban J connectivity index is 3.69. The standard InChI is InChI=1S/C10H20/c1-8(2)6-7-10(5)9(3)4/h7-9H,6H2,1-5H3/b10-7+. The molecule has 0 aromatic heterocycles. The Hall–Kier alpha value is -0.260. The average Bonchev–Trinajstić information content (AvgIpc) is 1.82. The fourth-order valence-electron chi connectivity index (χ4n) is 0.657. The van der Waals surface area contributed by atoms with Crippen LogP contribution in [0.4, 0.5) is 0 Å². The van der Waals surface area contributed by atoms with Crippen LogP contribution in [0.15, 0.2) is 11.6 Å². The van der Waals surface area contributed by atoms with Crippen LogP contribution < -0.4 is 0 Å². The summed E-state index contributed by atoms with van der Waals surface area (Å²) in [6, 6.07) is 0. The van der Waals surface area contributed by atoms with E-state index in [9.17, 15) is 0 Å². The highest BCUT2D eigenvalue weighted by Gasteiger charge is 1.95. The van der Waals surface area contributed by atoms with Gasteiger partial charge in [-0.3, -0.25) is 0 Å². The van der Waals surface area contributed by atoms with Crippen LogP contribution in [0, 0.1) is 11.8 Å². The number of allylic oxidation sites excluding steroid dienone is 2. The van der Waals surface area contributed by atoms with E-state index in [1.807, 2.05) is 0 Å². The van der Waals surface area contributed by atoms with Crippen LogP contribution in [-0.4, -0.2) is 0 Å². The molecule has 0 N–H and O–H groups in total. The molecule has 60 valence electrons. The summed E-state index contributed by atoms with van der Waals surface area (Å²) in [5.41, 5.74) is 1.52. The third-order valence-corrected chi connectivity index (χ3v) is 1.82. The summed E-state index contributed by atoms with van der Waals surface area (Å²) >= 11 is 0. The third-order valence-electron chi connectivity index (χ3n) is 1.82. The molecule has 0 spiro atoms. The van der Waals surface area contributed by atoms with Gasteiger partial charge in [0.25, 0.3) is 0 Å². The van der Waals surface area contributed by atoms with Gasteiger partial charge in [0, 0.05) is 0 Å². The summed E-state index contributed by atoms with van der Waals surface area (Å²) in [4.78, 5) is 0. The first kappa shape index (κ1) is 9.74. The fourth-order valence-corrected chi connectivity index (χ4v) is 0.657. The smallest absolute Gasteiger partial charge is 0.0263 e. The Labute approximate surface area is 65.3 Å². The van der Waals surface area contributed by atoms with Gasteiger partial charge in [-0.15, -0.1) is 0 Å². The molecule has 0 aliphatic heterocycles. The zero-order valence-corrected chi connectivity index (χ0v) is 7.94. The van der Waals surface area contributed by atoms with Crippen LogP contribution in [0.3, 0.4) is 0 Å². The fraction of sp³-hybridized carbons (Fsp3) is 0.800. The van der Waals surface area contributed by atoms with Crippen LogP contribution in [0.1, 0.15) is 41.0 Å². The zero-order chi connectivity index (χ0) is 8.15. The zero-order valence-electron chi connectivity index (χ0n) is 7.94. The molecule has 0 nitrogen and oxygen atoms in total. The summed E-state index contributed by atoms with van der Waals surface area (Å²) in [5.74, 6) is 1.52. The van der Waals surface area contributed by atoms with Crippen LogP contribution >= 0.6 is 0 Å². The molecule has 0 aromatic carbocycles. The van der Waals surface area contributed by atoms with Crippen LogP contribution in [0.5, 0.6) is 0 Å². The van der Waals surface area contributed by atoms with E-state index in [4.69, 9.17) is 0 Å². The molecule has 0 aliphatic rings. The number of rotatable bonds is 3. The second-order valence-corrected chi connectivity index (χ2v) is 3.73. The number of hydrogen-bond acceptors (Lipinski definition) is 0. The first-order chi connectivity index (χ1) is 4.54. The van der Waals surface area contributed by atoms with Crippen molar-refractivity contribution >= 4 is 0 Å². The van der Waals surface area contributed by atoms with Crippen LogP contribution in [0.25, 0.3) is 0 Å². The van der Waals surface area contributed by atoms with Crippen molar-refractivity contribution in [3.05, 3.63) is 11.6 Å². The Morgan fingerprint density at radius 1 is 1.20 bits per heavy atom. The number of hydrogen-bond donors (Lipinski definition) is 0. The van der Waals surface area contributed by atoms with Crippen molar-refractivity contribution < 1.29 is 0 Å². The minimum atomic E-state index is 0.721. The molecule has 10 heavy (non-hydrogen) atoms. The lowest BCUT2D eigenvalue weighted by Crippen LogP contribution is -1.90. The van der Waals surface area contributed by atoms with Gasteiger partial charge in [0.15, 0.2) is 0 Å². The van der Waals surface area contributed by atoms with E-state index >= 15 is 0 Å². The molecule has 0 aliphatic carbocycles. The molecule has 0 saturated heterocycles. The first-order valence-corrected chi connectivity index (χ1v) is 4.20. The van der Waals surface area contributed by atoms with E-state index in [1.165, 1.54) is 12.0 Å². The molecule has 0 aromatic rings. The molecule has 0 heteroatoms. The van der Waals surface area contributed by atoms with Crippen molar-refractivity contribution in [1.82, 2.24) is 0 Å². The van der Waals surface area contributed by atoms with Gasteiger partial charge in [-0.25, -0.2) is 0 Å². The second kappa shape index (κ2) is 4.54. The normalized spacial score (nSPS) is 13.3. The molecule has 0 fully saturated rings. The third kappa shape index (κ3) is 4.60. The van der Waals surface area contributed by atoms with Gasteiger partial charge in [0.1, 0.15) is 0 Å². The van der Waals surface area contributed by atoms with Gasteiger partial charge < -0.3 is 0 Å². The molecule has 0 bridgehead atoms. The topological polar surface area (TPSA) is 0 Å². The largest absolute Gasteiger partial charge is 0.0851 e. The molecule has 0 radical (unpaired) electrons. The summed E-state index contributed by atoms with van der Waals surface area (Å²) in [6.45, 7) is 11.2. The monoisotopic (exact) mass is 140 g/mol. The van der Waals surface area contributed by atoms with E-state index in [2.05, 4.69) is 40.7 Å². The van der Waals surface area contributed by atoms with Crippen molar-refractivity contribution in [3.63, 3.8) is 0 Å². The predicted octanol–water partition coefficient (Wildman–Crippen LogP) is 3.63. The highest BCUT2D eigenvalue weighted by Crippen LogP contribution is 2.11. The molecular weight excluding hydrogens is 120 g/mol. The lowest BCUT2D eigenvalue weighted by Gasteiger charge is -2.05. The van der Waals surface area contributed by atoms with Crippen molar-refractivity contribution in [1.29, 1.82) is 0 Å². The Kier molecular flexibility index (Phi) is 4.42. The van der Waals surface area contributed by atoms with E-state index in [-0.39, 0.29) is 0 Å². The molecule has 0 amide bonds. The predicted molar refractivity (Wildman–Crippen MR) is 48.1 cm³/mol. The lowest BCUT2D eigenvalue weighted by atomic mass is 10.0. The average molecular weight is 140 g/mol. The van der Waals surface area contributed by atoms with Gasteiger partial charge in [0.05, 0.1) is 0 Å². The summed E-state index contributed by atoms with van der Waals surface area (Å²) in [6.07, 6.45) is 3.58.